The SMILES string of the molecule is Cc1nc(-c2cccc(C=NN)c2)cs1. The van der Waals surface area contributed by atoms with Gasteiger partial charge in [0, 0.05) is 10.9 Å². The molecule has 0 aliphatic rings. The van der Waals surface area contributed by atoms with Crippen LogP contribution in [0.4, 0.5) is 0 Å². The minimum absolute atomic E-state index is 0.987. The number of nitrogens with zero attached hydrogens (tertiary/aromatic N) is 2. The van der Waals surface area contributed by atoms with E-state index >= 15 is 0 Å². The van der Waals surface area contributed by atoms with Crippen LogP contribution in [0.15, 0.2) is 34.7 Å². The van der Waals surface area contributed by atoms with Crippen LogP contribution in [0, 0.1) is 6.92 Å². The fourth-order valence-electron chi connectivity index (χ4n) is 1.36. The average Bonchev–Trinajstić information content (AvgIpc) is 2.66. The summed E-state index contributed by atoms with van der Waals surface area (Å²) in [7, 11) is 0. The van der Waals surface area contributed by atoms with Gasteiger partial charge in [0.15, 0.2) is 0 Å². The van der Waals surface area contributed by atoms with Crippen molar-refractivity contribution in [3.05, 3.63) is 40.2 Å². The number of nitrogens with two attached hydrogens (primary N) is 1. The van der Waals surface area contributed by atoms with E-state index in [-0.39, 0.29) is 0 Å². The van der Waals surface area contributed by atoms with Gasteiger partial charge in [-0.1, -0.05) is 18.2 Å². The number of hydrogen-bond acceptors (Lipinski definition) is 4. The molecule has 0 amide bonds. The third kappa shape index (κ3) is 2.22. The Labute approximate surface area is 92.3 Å². The number of rotatable bonds is 2. The molecule has 0 unspecified atom stereocenters. The van der Waals surface area contributed by atoms with Gasteiger partial charge >= 0.3 is 0 Å². The molecule has 0 radical (unpaired) electrons. The van der Waals surface area contributed by atoms with Gasteiger partial charge in [-0.05, 0) is 18.6 Å². The van der Waals surface area contributed by atoms with Crippen molar-refractivity contribution in [2.24, 2.45) is 10.9 Å². The average molecular weight is 217 g/mol. The van der Waals surface area contributed by atoms with Crippen LogP contribution in [0.2, 0.25) is 0 Å². The molecule has 1 heterocycles. The molecule has 0 aliphatic heterocycles. The van der Waals surface area contributed by atoms with E-state index in [1.54, 1.807) is 17.6 Å². The lowest BCUT2D eigenvalue weighted by molar-refractivity contribution is 1.26. The highest BCUT2D eigenvalue weighted by atomic mass is 32.1. The molecule has 3 nitrogen and oxygen atoms in total. The Bertz CT molecular complexity index is 488. The zero-order valence-electron chi connectivity index (χ0n) is 8.34. The molecule has 2 aromatic rings. The van der Waals surface area contributed by atoms with Crippen LogP contribution < -0.4 is 5.84 Å². The second kappa shape index (κ2) is 4.23. The van der Waals surface area contributed by atoms with E-state index in [1.807, 2.05) is 36.6 Å². The number of benzene rings is 1. The van der Waals surface area contributed by atoms with Gasteiger partial charge in [0.25, 0.3) is 0 Å². The Morgan fingerprint density at radius 2 is 2.33 bits per heavy atom. The molecular formula is C11H11N3S. The molecule has 0 fully saturated rings. The minimum Gasteiger partial charge on any atom is -0.323 e. The van der Waals surface area contributed by atoms with E-state index < -0.39 is 0 Å². The number of hydrazone groups is 1. The summed E-state index contributed by atoms with van der Waals surface area (Å²) < 4.78 is 0. The van der Waals surface area contributed by atoms with Crippen LogP contribution in [0.5, 0.6) is 0 Å². The molecule has 1 aromatic carbocycles. The van der Waals surface area contributed by atoms with Crippen LogP contribution in [-0.2, 0) is 0 Å². The summed E-state index contributed by atoms with van der Waals surface area (Å²) in [5.41, 5.74) is 3.09. The van der Waals surface area contributed by atoms with Crippen molar-refractivity contribution < 1.29 is 0 Å². The molecule has 4 heteroatoms. The molecule has 76 valence electrons. The fourth-order valence-corrected chi connectivity index (χ4v) is 1.98. The number of aryl methyl sites for hydroxylation is 1. The highest BCUT2D eigenvalue weighted by molar-refractivity contribution is 7.09. The quantitative estimate of drug-likeness (QED) is 0.477. The first-order chi connectivity index (χ1) is 7.29. The molecule has 0 saturated carbocycles. The summed E-state index contributed by atoms with van der Waals surface area (Å²) >= 11 is 1.65. The standard InChI is InChI=1S/C11H11N3S/c1-8-14-11(7-15-8)10-4-2-3-9(5-10)6-13-12/h2-7H,12H2,1H3. The fraction of sp³-hybridized carbons (Fsp3) is 0.0909. The van der Waals surface area contributed by atoms with Crippen LogP contribution in [0.25, 0.3) is 11.3 Å². The van der Waals surface area contributed by atoms with Gasteiger partial charge in [-0.3, -0.25) is 0 Å². The number of aromatic nitrogens is 1. The van der Waals surface area contributed by atoms with E-state index in [0.29, 0.717) is 0 Å². The Balaban J connectivity index is 2.40. The second-order valence-electron chi connectivity index (χ2n) is 3.16. The van der Waals surface area contributed by atoms with Crippen LogP contribution in [0.1, 0.15) is 10.6 Å². The van der Waals surface area contributed by atoms with Gasteiger partial charge in [-0.15, -0.1) is 11.3 Å². The predicted octanol–water partition coefficient (Wildman–Crippen LogP) is 2.41. The second-order valence-corrected chi connectivity index (χ2v) is 4.22. The third-order valence-electron chi connectivity index (χ3n) is 2.03. The maximum absolute atomic E-state index is 5.11. The van der Waals surface area contributed by atoms with Crippen molar-refractivity contribution in [2.45, 2.75) is 6.92 Å². The maximum atomic E-state index is 5.11. The van der Waals surface area contributed by atoms with Crippen LogP contribution >= 0.6 is 11.3 Å². The molecule has 0 spiro atoms. The van der Waals surface area contributed by atoms with Gasteiger partial charge in [0.2, 0.25) is 0 Å². The van der Waals surface area contributed by atoms with Gasteiger partial charge in [0.1, 0.15) is 0 Å². The molecule has 0 bridgehead atoms. The van der Waals surface area contributed by atoms with Crippen molar-refractivity contribution in [1.29, 1.82) is 0 Å². The van der Waals surface area contributed by atoms with E-state index in [4.69, 9.17) is 5.84 Å². The Kier molecular flexibility index (Phi) is 2.78. The summed E-state index contributed by atoms with van der Waals surface area (Å²) in [5.74, 6) is 5.11. The molecule has 0 saturated heterocycles. The number of thiazole rings is 1. The first kappa shape index (κ1) is 9.86. The van der Waals surface area contributed by atoms with Gasteiger partial charge in [-0.25, -0.2) is 4.98 Å². The predicted molar refractivity (Wildman–Crippen MR) is 64.1 cm³/mol. The third-order valence-corrected chi connectivity index (χ3v) is 2.80. The summed E-state index contributed by atoms with van der Waals surface area (Å²) in [4.78, 5) is 4.42. The molecule has 2 rings (SSSR count). The van der Waals surface area contributed by atoms with E-state index in [9.17, 15) is 0 Å². The van der Waals surface area contributed by atoms with Gasteiger partial charge in [-0.2, -0.15) is 5.10 Å². The van der Waals surface area contributed by atoms with Crippen molar-refractivity contribution in [1.82, 2.24) is 4.98 Å². The summed E-state index contributed by atoms with van der Waals surface area (Å²) in [6, 6.07) is 7.98. The van der Waals surface area contributed by atoms with Crippen molar-refractivity contribution in [3.8, 4) is 11.3 Å². The Morgan fingerprint density at radius 1 is 1.47 bits per heavy atom. The normalized spacial score (nSPS) is 11.0. The monoisotopic (exact) mass is 217 g/mol. The zero-order valence-corrected chi connectivity index (χ0v) is 9.16. The van der Waals surface area contributed by atoms with Crippen LogP contribution in [0.3, 0.4) is 0 Å². The van der Waals surface area contributed by atoms with Gasteiger partial charge < -0.3 is 5.84 Å². The topological polar surface area (TPSA) is 51.3 Å². The Hall–Kier alpha value is -1.68. The lowest BCUT2D eigenvalue weighted by atomic mass is 10.1. The smallest absolute Gasteiger partial charge is 0.0901 e. The zero-order chi connectivity index (χ0) is 10.7. The molecule has 1 aromatic heterocycles. The molecule has 0 atom stereocenters. The Morgan fingerprint density at radius 3 is 3.00 bits per heavy atom. The summed E-state index contributed by atoms with van der Waals surface area (Å²) in [6.45, 7) is 2.00. The largest absolute Gasteiger partial charge is 0.323 e. The van der Waals surface area contributed by atoms with E-state index in [0.717, 1.165) is 21.8 Å². The van der Waals surface area contributed by atoms with E-state index in [1.165, 1.54) is 0 Å². The lowest BCUT2D eigenvalue weighted by Gasteiger charge is -1.97. The van der Waals surface area contributed by atoms with Crippen LogP contribution in [-0.4, -0.2) is 11.2 Å². The molecule has 15 heavy (non-hydrogen) atoms. The first-order valence-corrected chi connectivity index (χ1v) is 5.43. The van der Waals surface area contributed by atoms with Gasteiger partial charge in [0.05, 0.1) is 16.9 Å². The summed E-state index contributed by atoms with van der Waals surface area (Å²) in [5, 5.41) is 6.62. The van der Waals surface area contributed by atoms with Crippen molar-refractivity contribution in [3.63, 3.8) is 0 Å². The van der Waals surface area contributed by atoms with E-state index in [2.05, 4.69) is 10.1 Å². The first-order valence-electron chi connectivity index (χ1n) is 4.55. The summed E-state index contributed by atoms with van der Waals surface area (Å²) in [6.07, 6.45) is 1.63. The number of hydrogen-bond donors (Lipinski definition) is 1. The van der Waals surface area contributed by atoms with Crippen molar-refractivity contribution in [2.75, 3.05) is 0 Å². The molecule has 0 aliphatic carbocycles. The molecular weight excluding hydrogens is 206 g/mol. The highest BCUT2D eigenvalue weighted by Crippen LogP contribution is 2.21. The molecule has 2 N–H and O–H groups in total. The van der Waals surface area contributed by atoms with Crippen molar-refractivity contribution >= 4 is 17.6 Å². The highest BCUT2D eigenvalue weighted by Gasteiger charge is 2.01. The maximum Gasteiger partial charge on any atom is 0.0901 e. The minimum atomic E-state index is 0.987. The lowest BCUT2D eigenvalue weighted by Crippen LogP contribution is -1.87.